The lowest BCUT2D eigenvalue weighted by atomic mass is 10.1. The highest BCUT2D eigenvalue weighted by Crippen LogP contribution is 2.29. The van der Waals surface area contributed by atoms with E-state index >= 15 is 0 Å². The molecule has 10 heteroatoms. The van der Waals surface area contributed by atoms with Gasteiger partial charge in [-0.1, -0.05) is 17.3 Å². The first-order valence-corrected chi connectivity index (χ1v) is 9.15. The predicted octanol–water partition coefficient (Wildman–Crippen LogP) is 3.84. The van der Waals surface area contributed by atoms with Gasteiger partial charge in [-0.05, 0) is 36.4 Å². The molecule has 0 spiro atoms. The average molecular weight is 418 g/mol. The van der Waals surface area contributed by atoms with Gasteiger partial charge in [0.25, 0.3) is 5.91 Å². The maximum atomic E-state index is 12.6. The molecule has 2 aromatic carbocycles. The van der Waals surface area contributed by atoms with Gasteiger partial charge in [-0.3, -0.25) is 4.79 Å². The van der Waals surface area contributed by atoms with E-state index in [4.69, 9.17) is 4.74 Å². The molecule has 2 heterocycles. The van der Waals surface area contributed by atoms with Crippen molar-refractivity contribution >= 4 is 17.3 Å². The largest absolute Gasteiger partial charge is 0.471 e. The van der Waals surface area contributed by atoms with Crippen LogP contribution < -0.4 is 10.2 Å². The van der Waals surface area contributed by atoms with Crippen LogP contribution in [0.5, 0.6) is 0 Å². The molecule has 0 saturated carbocycles. The minimum atomic E-state index is -4.71. The van der Waals surface area contributed by atoms with Crippen LogP contribution in [0.4, 0.5) is 24.5 Å². The van der Waals surface area contributed by atoms with E-state index in [-0.39, 0.29) is 11.7 Å². The van der Waals surface area contributed by atoms with Gasteiger partial charge >= 0.3 is 12.1 Å². The second kappa shape index (κ2) is 8.15. The molecule has 1 fully saturated rings. The molecule has 30 heavy (non-hydrogen) atoms. The molecule has 1 aromatic heterocycles. The number of benzene rings is 2. The van der Waals surface area contributed by atoms with Crippen LogP contribution >= 0.6 is 0 Å². The number of hydrogen-bond acceptors (Lipinski definition) is 6. The number of morpholine rings is 1. The zero-order valence-corrected chi connectivity index (χ0v) is 15.6. The summed E-state index contributed by atoms with van der Waals surface area (Å²) in [6, 6.07) is 13.4. The first-order chi connectivity index (χ1) is 14.4. The van der Waals surface area contributed by atoms with Crippen molar-refractivity contribution in [3.05, 3.63) is 60.0 Å². The van der Waals surface area contributed by atoms with E-state index in [2.05, 4.69) is 24.9 Å². The fourth-order valence-corrected chi connectivity index (χ4v) is 3.01. The van der Waals surface area contributed by atoms with Gasteiger partial charge in [-0.2, -0.15) is 18.2 Å². The van der Waals surface area contributed by atoms with Crippen LogP contribution in [-0.2, 0) is 10.9 Å². The van der Waals surface area contributed by atoms with Crippen molar-refractivity contribution in [2.75, 3.05) is 36.5 Å². The van der Waals surface area contributed by atoms with Crippen LogP contribution in [-0.4, -0.2) is 42.4 Å². The van der Waals surface area contributed by atoms with E-state index in [9.17, 15) is 18.0 Å². The molecule has 1 saturated heterocycles. The smallest absolute Gasteiger partial charge is 0.378 e. The standard InChI is InChI=1S/C20H17F3N4O3/c21-20(22,23)19-25-17(26-30-19)13-1-3-14(4-2-13)18(28)24-15-5-7-16(8-6-15)27-9-11-29-12-10-27/h1-8H,9-12H2,(H,24,28). The van der Waals surface area contributed by atoms with Crippen LogP contribution in [0.2, 0.25) is 0 Å². The second-order valence-electron chi connectivity index (χ2n) is 6.60. The number of carbonyl (C=O) groups is 1. The number of alkyl halides is 3. The zero-order chi connectivity index (χ0) is 21.1. The third-order valence-corrected chi connectivity index (χ3v) is 4.58. The summed E-state index contributed by atoms with van der Waals surface area (Å²) in [4.78, 5) is 18.0. The van der Waals surface area contributed by atoms with Gasteiger partial charge in [-0.25, -0.2) is 0 Å². The van der Waals surface area contributed by atoms with Crippen LogP contribution in [0.1, 0.15) is 16.2 Å². The number of halogens is 3. The molecule has 0 aliphatic carbocycles. The van der Waals surface area contributed by atoms with Crippen molar-refractivity contribution in [2.45, 2.75) is 6.18 Å². The van der Waals surface area contributed by atoms with Crippen molar-refractivity contribution < 1.29 is 27.2 Å². The summed E-state index contributed by atoms with van der Waals surface area (Å²) in [6.45, 7) is 3.03. The van der Waals surface area contributed by atoms with E-state index in [0.717, 1.165) is 18.8 Å². The first kappa shape index (κ1) is 19.9. The Bertz CT molecular complexity index is 1010. The van der Waals surface area contributed by atoms with E-state index in [1.807, 2.05) is 24.3 Å². The number of ether oxygens (including phenoxy) is 1. The highest BCUT2D eigenvalue weighted by Gasteiger charge is 2.38. The van der Waals surface area contributed by atoms with E-state index in [0.29, 0.717) is 30.0 Å². The average Bonchev–Trinajstić information content (AvgIpc) is 3.26. The second-order valence-corrected chi connectivity index (χ2v) is 6.60. The summed E-state index contributed by atoms with van der Waals surface area (Å²) in [6.07, 6.45) is -4.71. The lowest BCUT2D eigenvalue weighted by Crippen LogP contribution is -2.36. The number of nitrogens with one attached hydrogen (secondary N) is 1. The lowest BCUT2D eigenvalue weighted by Gasteiger charge is -2.28. The van der Waals surface area contributed by atoms with Gasteiger partial charge in [0.15, 0.2) is 0 Å². The molecule has 156 valence electrons. The highest BCUT2D eigenvalue weighted by atomic mass is 19.4. The van der Waals surface area contributed by atoms with Gasteiger partial charge < -0.3 is 19.5 Å². The molecule has 3 aromatic rings. The Kier molecular flexibility index (Phi) is 5.40. The summed E-state index contributed by atoms with van der Waals surface area (Å²) in [5.74, 6) is -1.96. The number of aromatic nitrogens is 2. The summed E-state index contributed by atoms with van der Waals surface area (Å²) in [5, 5.41) is 6.11. The minimum Gasteiger partial charge on any atom is -0.378 e. The quantitative estimate of drug-likeness (QED) is 0.694. The molecule has 1 amide bonds. The van der Waals surface area contributed by atoms with Gasteiger partial charge in [-0.15, -0.1) is 0 Å². The highest BCUT2D eigenvalue weighted by molar-refractivity contribution is 6.04. The fraction of sp³-hybridized carbons (Fsp3) is 0.250. The Labute approximate surface area is 169 Å². The molecular formula is C20H17F3N4O3. The molecule has 1 aliphatic rings. The summed E-state index contributed by atoms with van der Waals surface area (Å²) in [7, 11) is 0. The third kappa shape index (κ3) is 4.43. The predicted molar refractivity (Wildman–Crippen MR) is 102 cm³/mol. The molecule has 7 nitrogen and oxygen atoms in total. The summed E-state index contributed by atoms with van der Waals surface area (Å²) >= 11 is 0. The van der Waals surface area contributed by atoms with Gasteiger partial charge in [0.2, 0.25) is 5.82 Å². The summed E-state index contributed by atoms with van der Waals surface area (Å²) in [5.41, 5.74) is 2.34. The Balaban J connectivity index is 1.40. The number of anilines is 2. The van der Waals surface area contributed by atoms with Crippen LogP contribution in [0, 0.1) is 0 Å². The number of hydrogen-bond donors (Lipinski definition) is 1. The number of carbonyl (C=O) groups excluding carboxylic acids is 1. The van der Waals surface area contributed by atoms with Crippen LogP contribution in [0.25, 0.3) is 11.4 Å². The molecule has 4 rings (SSSR count). The Morgan fingerprint density at radius 1 is 1.00 bits per heavy atom. The van der Waals surface area contributed by atoms with Crippen LogP contribution in [0.15, 0.2) is 53.1 Å². The van der Waals surface area contributed by atoms with Crippen molar-refractivity contribution in [3.8, 4) is 11.4 Å². The van der Waals surface area contributed by atoms with Gasteiger partial charge in [0, 0.05) is 35.6 Å². The molecule has 0 atom stereocenters. The third-order valence-electron chi connectivity index (χ3n) is 4.58. The monoisotopic (exact) mass is 418 g/mol. The molecule has 0 radical (unpaired) electrons. The fourth-order valence-electron chi connectivity index (χ4n) is 3.01. The molecule has 1 aliphatic heterocycles. The molecule has 1 N–H and O–H groups in total. The first-order valence-electron chi connectivity index (χ1n) is 9.15. The minimum absolute atomic E-state index is 0.201. The molecule has 0 bridgehead atoms. The van der Waals surface area contributed by atoms with Crippen molar-refractivity contribution in [3.63, 3.8) is 0 Å². The van der Waals surface area contributed by atoms with Crippen LogP contribution in [0.3, 0.4) is 0 Å². The Morgan fingerprint density at radius 2 is 1.67 bits per heavy atom. The van der Waals surface area contributed by atoms with E-state index in [1.165, 1.54) is 24.3 Å². The van der Waals surface area contributed by atoms with Crippen molar-refractivity contribution in [2.24, 2.45) is 0 Å². The Hall–Kier alpha value is -3.40. The van der Waals surface area contributed by atoms with Crippen molar-refractivity contribution in [1.82, 2.24) is 10.1 Å². The van der Waals surface area contributed by atoms with Crippen molar-refractivity contribution in [1.29, 1.82) is 0 Å². The molecular weight excluding hydrogens is 401 g/mol. The number of nitrogens with zero attached hydrogens (tertiary/aromatic N) is 3. The lowest BCUT2D eigenvalue weighted by molar-refractivity contribution is -0.159. The normalized spacial score (nSPS) is 14.6. The Morgan fingerprint density at radius 3 is 2.27 bits per heavy atom. The molecule has 0 unspecified atom stereocenters. The summed E-state index contributed by atoms with van der Waals surface area (Å²) < 4.78 is 47.3. The number of rotatable bonds is 4. The van der Waals surface area contributed by atoms with E-state index in [1.54, 1.807) is 0 Å². The zero-order valence-electron chi connectivity index (χ0n) is 15.6. The van der Waals surface area contributed by atoms with Gasteiger partial charge in [0.05, 0.1) is 13.2 Å². The number of amides is 1. The maximum Gasteiger partial charge on any atom is 0.471 e. The van der Waals surface area contributed by atoms with Gasteiger partial charge in [0.1, 0.15) is 0 Å². The van der Waals surface area contributed by atoms with E-state index < -0.39 is 12.1 Å². The SMILES string of the molecule is O=C(Nc1ccc(N2CCOCC2)cc1)c1ccc(-c2noc(C(F)(F)F)n2)cc1. The topological polar surface area (TPSA) is 80.5 Å². The maximum absolute atomic E-state index is 12.6.